The second kappa shape index (κ2) is 13.9. The molecule has 1 aliphatic rings. The van der Waals surface area contributed by atoms with Gasteiger partial charge in [-0.05, 0) is 43.0 Å². The molecule has 4 aromatic rings. The lowest BCUT2D eigenvalue weighted by molar-refractivity contribution is -0.0515. The number of rotatable bonds is 12. The van der Waals surface area contributed by atoms with Crippen molar-refractivity contribution in [1.82, 2.24) is 25.3 Å². The van der Waals surface area contributed by atoms with E-state index in [0.717, 1.165) is 18.9 Å². The molecular weight excluding hydrogens is 560 g/mol. The zero-order chi connectivity index (χ0) is 30.2. The second-order valence-electron chi connectivity index (χ2n) is 9.12. The van der Waals surface area contributed by atoms with E-state index in [0.29, 0.717) is 29.8 Å². The summed E-state index contributed by atoms with van der Waals surface area (Å²) in [6, 6.07) is 7.19. The van der Waals surface area contributed by atoms with Crippen molar-refractivity contribution in [2.75, 3.05) is 6.61 Å². The Morgan fingerprint density at radius 2 is 1.95 bits per heavy atom. The van der Waals surface area contributed by atoms with Crippen molar-refractivity contribution in [3.8, 4) is 23.0 Å². The highest BCUT2D eigenvalue weighted by Crippen LogP contribution is 2.36. The van der Waals surface area contributed by atoms with E-state index in [1.54, 1.807) is 6.20 Å². The number of nitrogens with one attached hydrogen (secondary N) is 1. The van der Waals surface area contributed by atoms with Gasteiger partial charge in [-0.2, -0.15) is 8.78 Å². The molecule has 0 unspecified atom stereocenters. The number of ether oxygens (including phenoxy) is 2. The molecule has 224 valence electrons. The van der Waals surface area contributed by atoms with Crippen molar-refractivity contribution in [1.29, 1.82) is 0 Å². The van der Waals surface area contributed by atoms with Crippen LogP contribution in [0.25, 0.3) is 11.5 Å². The summed E-state index contributed by atoms with van der Waals surface area (Å²) in [5.74, 6) is -1.90. The van der Waals surface area contributed by atoms with E-state index in [1.165, 1.54) is 28.9 Å². The molecule has 14 heteroatoms. The van der Waals surface area contributed by atoms with Crippen LogP contribution in [0.15, 0.2) is 47.0 Å². The van der Waals surface area contributed by atoms with Crippen LogP contribution in [0.5, 0.6) is 11.5 Å². The van der Waals surface area contributed by atoms with Gasteiger partial charge in [0.25, 0.3) is 5.91 Å². The monoisotopic (exact) mass is 590 g/mol. The van der Waals surface area contributed by atoms with Crippen LogP contribution < -0.4 is 20.5 Å². The van der Waals surface area contributed by atoms with Gasteiger partial charge in [-0.25, -0.2) is 18.4 Å². The fourth-order valence-corrected chi connectivity index (χ4v) is 3.78. The normalized spacial score (nSPS) is 12.6. The summed E-state index contributed by atoms with van der Waals surface area (Å²) in [7, 11) is 0. The minimum Gasteiger partial charge on any atom is -0.489 e. The number of carbonyl (C=O) groups is 1. The maximum Gasteiger partial charge on any atom is 0.387 e. The zero-order valence-electron chi connectivity index (χ0n) is 22.9. The Hall–Kier alpha value is -4.46. The molecule has 10 nitrogen and oxygen atoms in total. The lowest BCUT2D eigenvalue weighted by Gasteiger charge is -2.12. The first-order valence-corrected chi connectivity index (χ1v) is 13.3. The number of hydrogen-bond donors (Lipinski definition) is 2. The van der Waals surface area contributed by atoms with E-state index in [-0.39, 0.29) is 54.0 Å². The van der Waals surface area contributed by atoms with Gasteiger partial charge in [-0.3, -0.25) is 4.79 Å². The molecule has 2 aromatic carbocycles. The summed E-state index contributed by atoms with van der Waals surface area (Å²) in [4.78, 5) is 17.4. The molecule has 1 aliphatic carbocycles. The predicted octanol–water partition coefficient (Wildman–Crippen LogP) is 5.06. The summed E-state index contributed by atoms with van der Waals surface area (Å²) in [6.45, 7) is 1.14. The SMILES string of the molecule is CC.NCc1cn(Cc2oc(-c3ccc(OC(F)F)c(OCC4CC4)c3)nc2C(=O)NCc2ccc(F)cc2F)nn1. The summed E-state index contributed by atoms with van der Waals surface area (Å²) in [6.07, 6.45) is 3.54. The Kier molecular flexibility index (Phi) is 10.1. The molecule has 2 aromatic heterocycles. The lowest BCUT2D eigenvalue weighted by Crippen LogP contribution is -2.25. The maximum absolute atomic E-state index is 14.1. The van der Waals surface area contributed by atoms with Crippen LogP contribution in [0.3, 0.4) is 0 Å². The molecule has 5 rings (SSSR count). The molecule has 1 amide bonds. The van der Waals surface area contributed by atoms with Gasteiger partial charge < -0.3 is 24.9 Å². The molecule has 0 aliphatic heterocycles. The number of halogens is 4. The Labute approximate surface area is 238 Å². The Bertz CT molecular complexity index is 1510. The van der Waals surface area contributed by atoms with Gasteiger partial charge in [0.15, 0.2) is 23.0 Å². The second-order valence-corrected chi connectivity index (χ2v) is 9.12. The van der Waals surface area contributed by atoms with Crippen LogP contribution in [0.1, 0.15) is 54.2 Å². The van der Waals surface area contributed by atoms with Crippen LogP contribution >= 0.6 is 0 Å². The van der Waals surface area contributed by atoms with Crippen LogP contribution in [0.4, 0.5) is 17.6 Å². The minimum atomic E-state index is -3.05. The number of hydrogen-bond acceptors (Lipinski definition) is 8. The zero-order valence-corrected chi connectivity index (χ0v) is 22.9. The fraction of sp³-hybridized carbons (Fsp3) is 0.357. The summed E-state index contributed by atoms with van der Waals surface area (Å²) >= 11 is 0. The molecule has 0 saturated heterocycles. The topological polar surface area (TPSA) is 130 Å². The van der Waals surface area contributed by atoms with Crippen molar-refractivity contribution in [3.05, 3.63) is 76.9 Å². The third-order valence-electron chi connectivity index (χ3n) is 6.05. The molecule has 0 bridgehead atoms. The van der Waals surface area contributed by atoms with Crippen LogP contribution in [-0.2, 0) is 19.6 Å². The largest absolute Gasteiger partial charge is 0.489 e. The van der Waals surface area contributed by atoms with Crippen LogP contribution in [-0.4, -0.2) is 39.1 Å². The third kappa shape index (κ3) is 7.84. The summed E-state index contributed by atoms with van der Waals surface area (Å²) < 4.78 is 70.8. The molecule has 1 saturated carbocycles. The number of carbonyl (C=O) groups excluding carboxylic acids is 1. The molecule has 1 fully saturated rings. The summed E-state index contributed by atoms with van der Waals surface area (Å²) in [5.41, 5.74) is 6.37. The number of amides is 1. The number of nitrogens with two attached hydrogens (primary N) is 1. The van der Waals surface area contributed by atoms with Crippen molar-refractivity contribution in [2.24, 2.45) is 11.7 Å². The van der Waals surface area contributed by atoms with Gasteiger partial charge in [0.1, 0.15) is 18.2 Å². The molecule has 3 N–H and O–H groups in total. The average molecular weight is 591 g/mol. The number of nitrogens with zero attached hydrogens (tertiary/aromatic N) is 4. The van der Waals surface area contributed by atoms with Gasteiger partial charge in [0.2, 0.25) is 5.89 Å². The molecule has 42 heavy (non-hydrogen) atoms. The van der Waals surface area contributed by atoms with Gasteiger partial charge >= 0.3 is 6.61 Å². The molecule has 0 radical (unpaired) electrons. The number of aromatic nitrogens is 4. The lowest BCUT2D eigenvalue weighted by atomic mass is 10.2. The fourth-order valence-electron chi connectivity index (χ4n) is 3.78. The Morgan fingerprint density at radius 1 is 1.17 bits per heavy atom. The first-order valence-electron chi connectivity index (χ1n) is 13.3. The highest BCUT2D eigenvalue weighted by Gasteiger charge is 2.25. The summed E-state index contributed by atoms with van der Waals surface area (Å²) in [5, 5.41) is 10.4. The molecule has 0 atom stereocenters. The van der Waals surface area contributed by atoms with E-state index in [4.69, 9.17) is 14.9 Å². The molecule has 2 heterocycles. The Balaban J connectivity index is 0.00000198. The smallest absolute Gasteiger partial charge is 0.387 e. The minimum absolute atomic E-state index is 0.00727. The predicted molar refractivity (Wildman–Crippen MR) is 143 cm³/mol. The van der Waals surface area contributed by atoms with E-state index in [9.17, 15) is 22.4 Å². The maximum atomic E-state index is 14.1. The van der Waals surface area contributed by atoms with E-state index in [1.807, 2.05) is 13.8 Å². The highest BCUT2D eigenvalue weighted by molar-refractivity contribution is 5.93. The van der Waals surface area contributed by atoms with Gasteiger partial charge in [0.05, 0.1) is 18.5 Å². The van der Waals surface area contributed by atoms with Gasteiger partial charge in [0, 0.05) is 30.3 Å². The van der Waals surface area contributed by atoms with Crippen molar-refractivity contribution in [3.63, 3.8) is 0 Å². The highest BCUT2D eigenvalue weighted by atomic mass is 19.3. The van der Waals surface area contributed by atoms with Crippen LogP contribution in [0, 0.1) is 17.6 Å². The van der Waals surface area contributed by atoms with Crippen molar-refractivity contribution >= 4 is 5.91 Å². The van der Waals surface area contributed by atoms with E-state index < -0.39 is 24.2 Å². The molecular formula is C28H30F4N6O4. The number of benzene rings is 2. The first-order chi connectivity index (χ1) is 20.3. The van der Waals surface area contributed by atoms with E-state index in [2.05, 4.69) is 25.3 Å². The van der Waals surface area contributed by atoms with Crippen LogP contribution in [0.2, 0.25) is 0 Å². The van der Waals surface area contributed by atoms with Crippen molar-refractivity contribution in [2.45, 2.75) is 52.9 Å². The first kappa shape index (κ1) is 30.5. The number of alkyl halides is 2. The standard InChI is InChI=1S/C26H24F4N6O4.C2H6/c27-17-5-3-16(19(28)8-17)10-32-24(37)23-22(12-36-11-18(9-31)34-35-36)39-25(33-23)15-4-6-20(40-26(29)30)21(7-15)38-13-14-1-2-14;1-2/h3-8,11,14,26H,1-2,9-10,12-13,31H2,(H,32,37);1-2H3. The quantitative estimate of drug-likeness (QED) is 0.219. The van der Waals surface area contributed by atoms with Gasteiger partial charge in [-0.1, -0.05) is 25.1 Å². The molecule has 0 spiro atoms. The third-order valence-corrected chi connectivity index (χ3v) is 6.05. The van der Waals surface area contributed by atoms with Crippen molar-refractivity contribution < 1.29 is 36.2 Å². The van der Waals surface area contributed by atoms with E-state index >= 15 is 0 Å². The number of oxazole rings is 1. The average Bonchev–Trinajstić information content (AvgIpc) is 3.54. The Morgan fingerprint density at radius 3 is 2.62 bits per heavy atom. The van der Waals surface area contributed by atoms with Gasteiger partial charge in [-0.15, -0.1) is 5.10 Å².